The number of amides is 2. The number of hydrogen-bond donors (Lipinski definition) is 0. The molecule has 0 saturated carbocycles. The van der Waals surface area contributed by atoms with Crippen LogP contribution in [0.1, 0.15) is 93.7 Å². The summed E-state index contributed by atoms with van der Waals surface area (Å²) in [5.41, 5.74) is 3.31. The lowest BCUT2D eigenvalue weighted by Gasteiger charge is -2.37. The monoisotopic (exact) mass is 466 g/mol. The van der Waals surface area contributed by atoms with E-state index >= 15 is 0 Å². The van der Waals surface area contributed by atoms with Crippen LogP contribution in [0.3, 0.4) is 0 Å². The summed E-state index contributed by atoms with van der Waals surface area (Å²) in [6.45, 7) is 18.2. The summed E-state index contributed by atoms with van der Waals surface area (Å²) in [6.07, 6.45) is 3.72. The molecule has 9 nitrogen and oxygen atoms in total. The highest BCUT2D eigenvalue weighted by molar-refractivity contribution is 5.95. The van der Waals surface area contributed by atoms with Gasteiger partial charge < -0.3 is 14.5 Å². The van der Waals surface area contributed by atoms with Crippen molar-refractivity contribution in [3.8, 4) is 0 Å². The summed E-state index contributed by atoms with van der Waals surface area (Å²) in [5, 5.41) is 4.80. The first kappa shape index (κ1) is 23.9. The Morgan fingerprint density at radius 1 is 1.21 bits per heavy atom. The molecule has 34 heavy (non-hydrogen) atoms. The maximum atomic E-state index is 13.7. The van der Waals surface area contributed by atoms with Gasteiger partial charge in [0.1, 0.15) is 11.3 Å². The van der Waals surface area contributed by atoms with Crippen molar-refractivity contribution in [3.05, 3.63) is 47.3 Å². The third-order valence-electron chi connectivity index (χ3n) is 6.41. The van der Waals surface area contributed by atoms with Crippen molar-refractivity contribution in [1.82, 2.24) is 29.5 Å². The van der Waals surface area contributed by atoms with Crippen LogP contribution in [0.15, 0.2) is 19.0 Å². The maximum Gasteiger partial charge on any atom is 0.410 e. The second kappa shape index (κ2) is 8.52. The van der Waals surface area contributed by atoms with E-state index in [1.807, 2.05) is 51.1 Å². The second-order valence-corrected chi connectivity index (χ2v) is 10.5. The molecule has 0 aliphatic carbocycles. The van der Waals surface area contributed by atoms with Crippen molar-refractivity contribution in [2.45, 2.75) is 85.2 Å². The van der Waals surface area contributed by atoms with Crippen LogP contribution in [-0.4, -0.2) is 59.7 Å². The van der Waals surface area contributed by atoms with Gasteiger partial charge in [0.05, 0.1) is 24.3 Å². The van der Waals surface area contributed by atoms with Gasteiger partial charge in [0.15, 0.2) is 5.82 Å². The fraction of sp³-hybridized carbons (Fsp3) is 0.560. The summed E-state index contributed by atoms with van der Waals surface area (Å²) >= 11 is 0. The smallest absolute Gasteiger partial charge is 0.410 e. The highest BCUT2D eigenvalue weighted by atomic mass is 16.6. The molecule has 2 aromatic rings. The van der Waals surface area contributed by atoms with Gasteiger partial charge in [-0.1, -0.05) is 6.58 Å². The number of fused-ring (bicyclic) bond motifs is 3. The predicted octanol–water partition coefficient (Wildman–Crippen LogP) is 4.17. The fourth-order valence-electron chi connectivity index (χ4n) is 4.54. The van der Waals surface area contributed by atoms with E-state index < -0.39 is 5.60 Å². The van der Waals surface area contributed by atoms with E-state index in [2.05, 4.69) is 23.5 Å². The molecule has 0 fully saturated rings. The van der Waals surface area contributed by atoms with Crippen molar-refractivity contribution < 1.29 is 14.3 Å². The topological polar surface area (TPSA) is 93.5 Å². The third-order valence-corrected chi connectivity index (χ3v) is 6.41. The van der Waals surface area contributed by atoms with E-state index in [9.17, 15) is 9.59 Å². The van der Waals surface area contributed by atoms with E-state index in [0.29, 0.717) is 31.0 Å². The standard InChI is InChI=1S/C25H34N6O3/c1-14(2)22-26-10-18(11-27-22)17(5)30-12-16(4)31-21(23(30)32)19-13-29(15(3)9-20(19)28-31)24(33)34-25(6,7)8/h10-11,15-17H,1,9,12-13H2,2-8H3/t15-,16-,17?/m1/s1. The SMILES string of the molecule is C=C(C)c1ncc(C(C)N2C[C@@H](C)n3nc4c(c3C2=O)CN(C(=O)OC(C)(C)C)[C@H](C)C4)cn1. The Labute approximate surface area is 200 Å². The lowest BCUT2D eigenvalue weighted by atomic mass is 9.98. The summed E-state index contributed by atoms with van der Waals surface area (Å²) in [4.78, 5) is 38.9. The first-order valence-corrected chi connectivity index (χ1v) is 11.8. The molecule has 0 bridgehead atoms. The Morgan fingerprint density at radius 2 is 1.85 bits per heavy atom. The first-order chi connectivity index (χ1) is 15.9. The summed E-state index contributed by atoms with van der Waals surface area (Å²) in [6, 6.07) is -0.275. The Morgan fingerprint density at radius 3 is 2.44 bits per heavy atom. The van der Waals surface area contributed by atoms with Crippen LogP contribution in [-0.2, 0) is 17.7 Å². The van der Waals surface area contributed by atoms with Gasteiger partial charge in [0.25, 0.3) is 5.91 Å². The second-order valence-electron chi connectivity index (χ2n) is 10.5. The van der Waals surface area contributed by atoms with Crippen molar-refractivity contribution in [3.63, 3.8) is 0 Å². The van der Waals surface area contributed by atoms with E-state index in [-0.39, 0.29) is 30.1 Å². The summed E-state index contributed by atoms with van der Waals surface area (Å²) < 4.78 is 7.45. The molecule has 4 rings (SSSR count). The average molecular weight is 467 g/mol. The van der Waals surface area contributed by atoms with Crippen LogP contribution in [0.2, 0.25) is 0 Å². The molecule has 2 aliphatic heterocycles. The molecule has 3 atom stereocenters. The Balaban J connectivity index is 1.64. The first-order valence-electron chi connectivity index (χ1n) is 11.8. The molecule has 0 aromatic carbocycles. The van der Waals surface area contributed by atoms with Crippen LogP contribution in [0, 0.1) is 0 Å². The highest BCUT2D eigenvalue weighted by Crippen LogP contribution is 2.35. The predicted molar refractivity (Wildman–Crippen MR) is 128 cm³/mol. The minimum absolute atomic E-state index is 0.00152. The van der Waals surface area contributed by atoms with Crippen molar-refractivity contribution in [2.24, 2.45) is 0 Å². The molecule has 4 heterocycles. The zero-order valence-corrected chi connectivity index (χ0v) is 21.1. The molecule has 2 aliphatic rings. The number of rotatable bonds is 3. The van der Waals surface area contributed by atoms with Gasteiger partial charge in [-0.15, -0.1) is 0 Å². The van der Waals surface area contributed by atoms with Crippen molar-refractivity contribution in [2.75, 3.05) is 6.54 Å². The molecule has 0 spiro atoms. The lowest BCUT2D eigenvalue weighted by molar-refractivity contribution is 0.0135. The molecular weight excluding hydrogens is 432 g/mol. The quantitative estimate of drug-likeness (QED) is 0.674. The van der Waals surface area contributed by atoms with Crippen molar-refractivity contribution in [1.29, 1.82) is 0 Å². The number of carbonyl (C=O) groups excluding carboxylic acids is 2. The molecular formula is C25H34N6O3. The van der Waals surface area contributed by atoms with E-state index in [4.69, 9.17) is 9.84 Å². The number of hydrogen-bond acceptors (Lipinski definition) is 6. The fourth-order valence-corrected chi connectivity index (χ4v) is 4.54. The number of nitrogens with zero attached hydrogens (tertiary/aromatic N) is 6. The van der Waals surface area contributed by atoms with Gasteiger partial charge in [0, 0.05) is 42.5 Å². The average Bonchev–Trinajstić information content (AvgIpc) is 3.13. The van der Waals surface area contributed by atoms with Crippen molar-refractivity contribution >= 4 is 17.6 Å². The minimum Gasteiger partial charge on any atom is -0.444 e. The van der Waals surface area contributed by atoms with E-state index in [1.165, 1.54) is 0 Å². The minimum atomic E-state index is -0.589. The van der Waals surface area contributed by atoms with Crippen LogP contribution in [0.25, 0.3) is 5.57 Å². The van der Waals surface area contributed by atoms with Gasteiger partial charge in [-0.05, 0) is 54.0 Å². The molecule has 0 N–H and O–H groups in total. The normalized spacial score (nSPS) is 21.1. The van der Waals surface area contributed by atoms with Gasteiger partial charge in [-0.25, -0.2) is 14.8 Å². The molecule has 1 unspecified atom stereocenters. The lowest BCUT2D eigenvalue weighted by Crippen LogP contribution is -2.46. The highest BCUT2D eigenvalue weighted by Gasteiger charge is 2.41. The zero-order valence-electron chi connectivity index (χ0n) is 21.1. The number of ether oxygens (including phenoxy) is 1. The van der Waals surface area contributed by atoms with Gasteiger partial charge in [-0.3, -0.25) is 9.48 Å². The molecule has 2 amide bonds. The van der Waals surface area contributed by atoms with Crippen LogP contribution >= 0.6 is 0 Å². The number of allylic oxidation sites excluding steroid dienone is 1. The molecule has 0 saturated heterocycles. The van der Waals surface area contributed by atoms with Crippen LogP contribution in [0.4, 0.5) is 4.79 Å². The van der Waals surface area contributed by atoms with Gasteiger partial charge in [-0.2, -0.15) is 5.10 Å². The molecule has 2 aromatic heterocycles. The van der Waals surface area contributed by atoms with Crippen LogP contribution in [0.5, 0.6) is 0 Å². The largest absolute Gasteiger partial charge is 0.444 e. The third kappa shape index (κ3) is 4.31. The number of carbonyl (C=O) groups is 2. The summed E-state index contributed by atoms with van der Waals surface area (Å²) in [7, 11) is 0. The van der Waals surface area contributed by atoms with Gasteiger partial charge >= 0.3 is 6.09 Å². The van der Waals surface area contributed by atoms with Crippen LogP contribution < -0.4 is 0 Å². The number of aromatic nitrogens is 4. The Hall–Kier alpha value is -3.23. The van der Waals surface area contributed by atoms with E-state index in [0.717, 1.165) is 22.4 Å². The molecule has 0 radical (unpaired) electrons. The Bertz CT molecular complexity index is 1130. The molecule has 9 heteroatoms. The molecule has 182 valence electrons. The zero-order chi connectivity index (χ0) is 24.9. The summed E-state index contributed by atoms with van der Waals surface area (Å²) in [5.74, 6) is 0.500. The van der Waals surface area contributed by atoms with Gasteiger partial charge in [0.2, 0.25) is 0 Å². The maximum absolute atomic E-state index is 13.7. The van der Waals surface area contributed by atoms with E-state index in [1.54, 1.807) is 17.3 Å². The Kier molecular flexibility index (Phi) is 5.99.